The van der Waals surface area contributed by atoms with E-state index in [2.05, 4.69) is 29.5 Å². The first-order valence-corrected chi connectivity index (χ1v) is 15.4. The molecule has 1 aliphatic heterocycles. The molecule has 1 saturated carbocycles. The number of hydrogen-bond acceptors (Lipinski definition) is 4. The Bertz CT molecular complexity index is 1120. The molecule has 1 aromatic rings. The van der Waals surface area contributed by atoms with E-state index in [1.807, 2.05) is 37.5 Å². The Balaban J connectivity index is 1.25. The van der Waals surface area contributed by atoms with Gasteiger partial charge in [0.1, 0.15) is 0 Å². The number of likely N-dealkylation sites (tertiary alicyclic amines) is 1. The molecule has 0 aromatic carbocycles. The van der Waals surface area contributed by atoms with Gasteiger partial charge in [0.15, 0.2) is 5.82 Å². The lowest BCUT2D eigenvalue weighted by atomic mass is 9.73. The van der Waals surface area contributed by atoms with Crippen LogP contribution in [0.1, 0.15) is 102 Å². The summed E-state index contributed by atoms with van der Waals surface area (Å²) < 4.78 is 0. The van der Waals surface area contributed by atoms with E-state index in [9.17, 15) is 9.59 Å². The van der Waals surface area contributed by atoms with Crippen molar-refractivity contribution in [2.75, 3.05) is 13.1 Å². The molecule has 2 heterocycles. The number of carbonyl (C=O) groups is 2. The van der Waals surface area contributed by atoms with Gasteiger partial charge in [-0.15, -0.1) is 0 Å². The normalized spacial score (nSPS) is 24.4. The third-order valence-electron chi connectivity index (χ3n) is 9.33. The predicted octanol–water partition coefficient (Wildman–Crippen LogP) is 7.50. The first-order chi connectivity index (χ1) is 19.4. The summed E-state index contributed by atoms with van der Waals surface area (Å²) in [7, 11) is 0. The molecule has 40 heavy (non-hydrogen) atoms. The molecule has 0 bridgehead atoms. The Morgan fingerprint density at radius 1 is 1.05 bits per heavy atom. The summed E-state index contributed by atoms with van der Waals surface area (Å²) in [6.45, 7) is 9.05. The second-order valence-electron chi connectivity index (χ2n) is 12.0. The maximum Gasteiger partial charge on any atom is 0.310 e. The highest BCUT2D eigenvalue weighted by atomic mass is 16.4. The highest BCUT2D eigenvalue weighted by molar-refractivity contribution is 5.81. The molecule has 6 nitrogen and oxygen atoms in total. The van der Waals surface area contributed by atoms with Crippen LogP contribution in [-0.2, 0) is 9.59 Å². The number of aliphatic carboxylic acids is 1. The van der Waals surface area contributed by atoms with Crippen LogP contribution in [0.15, 0.2) is 48.8 Å². The standard InChI is InChI=1S/C34H47N3O3/c1-4-7-26-12-15-29(16-13-26)27-8-6-9-28(18-17-27)30-20-35-33(36-21-30)24(3)10-11-25(5-2)14-19-32(38)37-22-31(23-37)34(39)40/h5,10-11,18,20-21,26-27,29,31H,3-4,6-9,12-17,19,22-23H2,1-2H3,(H,39,40)/b11-10-,25-5+. The van der Waals surface area contributed by atoms with Crippen molar-refractivity contribution in [1.29, 1.82) is 0 Å². The molecule has 1 aromatic heterocycles. The maximum absolute atomic E-state index is 12.3. The van der Waals surface area contributed by atoms with Crippen LogP contribution >= 0.6 is 0 Å². The Morgan fingerprint density at radius 2 is 1.77 bits per heavy atom. The van der Waals surface area contributed by atoms with Gasteiger partial charge in [-0.05, 0) is 75.2 Å². The second kappa shape index (κ2) is 14.6. The predicted molar refractivity (Wildman–Crippen MR) is 161 cm³/mol. The molecule has 3 aliphatic rings. The van der Waals surface area contributed by atoms with Crippen molar-refractivity contribution in [2.45, 2.75) is 90.9 Å². The lowest BCUT2D eigenvalue weighted by Gasteiger charge is -2.36. The first-order valence-electron chi connectivity index (χ1n) is 15.4. The zero-order chi connectivity index (χ0) is 28.5. The fourth-order valence-corrected chi connectivity index (χ4v) is 6.63. The number of rotatable bonds is 11. The monoisotopic (exact) mass is 545 g/mol. The van der Waals surface area contributed by atoms with Crippen molar-refractivity contribution >= 4 is 23.0 Å². The van der Waals surface area contributed by atoms with Crippen LogP contribution in [-0.4, -0.2) is 44.9 Å². The number of nitrogens with zero attached hydrogens (tertiary/aromatic N) is 3. The molecular weight excluding hydrogens is 498 g/mol. The minimum absolute atomic E-state index is 0.00138. The van der Waals surface area contributed by atoms with E-state index >= 15 is 0 Å². The van der Waals surface area contributed by atoms with E-state index in [1.54, 1.807) is 4.90 Å². The van der Waals surface area contributed by atoms with Crippen molar-refractivity contribution in [3.63, 3.8) is 0 Å². The molecule has 1 atom stereocenters. The number of carboxylic acids is 1. The first kappa shape index (κ1) is 30.0. The fourth-order valence-electron chi connectivity index (χ4n) is 6.63. The van der Waals surface area contributed by atoms with E-state index in [0.29, 0.717) is 31.8 Å². The van der Waals surface area contributed by atoms with E-state index in [1.165, 1.54) is 63.4 Å². The van der Waals surface area contributed by atoms with Crippen molar-refractivity contribution in [3.05, 3.63) is 60.2 Å². The lowest BCUT2D eigenvalue weighted by molar-refractivity contribution is -0.152. The summed E-state index contributed by atoms with van der Waals surface area (Å²) in [4.78, 5) is 34.2. The Morgan fingerprint density at radius 3 is 2.42 bits per heavy atom. The van der Waals surface area contributed by atoms with Gasteiger partial charge in [0.2, 0.25) is 5.91 Å². The molecule has 216 valence electrons. The van der Waals surface area contributed by atoms with Crippen molar-refractivity contribution in [3.8, 4) is 0 Å². The summed E-state index contributed by atoms with van der Waals surface area (Å²) >= 11 is 0. The Labute approximate surface area is 240 Å². The molecule has 0 spiro atoms. The van der Waals surface area contributed by atoms with Crippen LogP contribution in [0.4, 0.5) is 0 Å². The summed E-state index contributed by atoms with van der Waals surface area (Å²) in [5.41, 5.74) is 4.26. The van der Waals surface area contributed by atoms with Crippen LogP contribution in [0, 0.1) is 23.7 Å². The van der Waals surface area contributed by atoms with Gasteiger partial charge < -0.3 is 10.0 Å². The van der Waals surface area contributed by atoms with Crippen LogP contribution in [0.25, 0.3) is 11.1 Å². The van der Waals surface area contributed by atoms with Gasteiger partial charge in [0.05, 0.1) is 5.92 Å². The second-order valence-corrected chi connectivity index (χ2v) is 12.0. The highest BCUT2D eigenvalue weighted by Crippen LogP contribution is 2.41. The number of aromatic nitrogens is 2. The van der Waals surface area contributed by atoms with Crippen LogP contribution < -0.4 is 0 Å². The largest absolute Gasteiger partial charge is 0.481 e. The summed E-state index contributed by atoms with van der Waals surface area (Å²) in [6.07, 6.45) is 26.5. The molecule has 2 aliphatic carbocycles. The number of amides is 1. The van der Waals surface area contributed by atoms with Crippen molar-refractivity contribution in [1.82, 2.24) is 14.9 Å². The third-order valence-corrected chi connectivity index (χ3v) is 9.33. The van der Waals surface area contributed by atoms with Gasteiger partial charge in [-0.25, -0.2) is 9.97 Å². The zero-order valence-corrected chi connectivity index (χ0v) is 24.5. The molecule has 1 saturated heterocycles. The number of hydrogen-bond donors (Lipinski definition) is 1. The molecule has 6 heteroatoms. The topological polar surface area (TPSA) is 83.4 Å². The average Bonchev–Trinajstić information content (AvgIpc) is 3.19. The minimum atomic E-state index is -0.829. The highest BCUT2D eigenvalue weighted by Gasteiger charge is 2.35. The molecule has 2 fully saturated rings. The maximum atomic E-state index is 12.3. The Kier molecular flexibility index (Phi) is 10.9. The quantitative estimate of drug-likeness (QED) is 0.291. The number of carboxylic acid groups (broad SMARTS) is 1. The third kappa shape index (κ3) is 8.02. The lowest BCUT2D eigenvalue weighted by Crippen LogP contribution is -2.52. The number of allylic oxidation sites excluding steroid dienone is 7. The van der Waals surface area contributed by atoms with Gasteiger partial charge in [-0.3, -0.25) is 9.59 Å². The van der Waals surface area contributed by atoms with Crippen LogP contribution in [0.3, 0.4) is 0 Å². The van der Waals surface area contributed by atoms with Crippen molar-refractivity contribution < 1.29 is 14.7 Å². The smallest absolute Gasteiger partial charge is 0.310 e. The molecule has 1 N–H and O–H groups in total. The molecule has 1 unspecified atom stereocenters. The number of carbonyl (C=O) groups excluding carboxylic acids is 1. The van der Waals surface area contributed by atoms with Crippen LogP contribution in [0.2, 0.25) is 0 Å². The SMILES string of the molecule is C=C(/C=C\C(=C/C)CCC(=O)N1CC(C(=O)O)C1)c1ncc(C2=CCC(C3CCC(CCC)CC3)CCC2)cn1. The zero-order valence-electron chi connectivity index (χ0n) is 24.5. The molecule has 1 amide bonds. The summed E-state index contributed by atoms with van der Waals surface area (Å²) in [6, 6.07) is 0. The van der Waals surface area contributed by atoms with Crippen molar-refractivity contribution in [2.24, 2.45) is 23.7 Å². The summed E-state index contributed by atoms with van der Waals surface area (Å²) in [5.74, 6) is 2.06. The van der Waals surface area contributed by atoms with Gasteiger partial charge in [0, 0.05) is 43.0 Å². The van der Waals surface area contributed by atoms with Crippen LogP contribution in [0.5, 0.6) is 0 Å². The molecular formula is C34H47N3O3. The Hall–Kier alpha value is -3.02. The minimum Gasteiger partial charge on any atom is -0.481 e. The van der Waals surface area contributed by atoms with E-state index in [-0.39, 0.29) is 5.91 Å². The van der Waals surface area contributed by atoms with E-state index < -0.39 is 11.9 Å². The van der Waals surface area contributed by atoms with E-state index in [0.717, 1.165) is 40.9 Å². The average molecular weight is 546 g/mol. The van der Waals surface area contributed by atoms with Gasteiger partial charge in [0.25, 0.3) is 0 Å². The molecule has 0 radical (unpaired) electrons. The van der Waals surface area contributed by atoms with Gasteiger partial charge >= 0.3 is 5.97 Å². The fraction of sp³-hybridized carbons (Fsp3) is 0.588. The van der Waals surface area contributed by atoms with Gasteiger partial charge in [-0.2, -0.15) is 0 Å². The summed E-state index contributed by atoms with van der Waals surface area (Å²) in [5, 5.41) is 8.99. The molecule has 4 rings (SSSR count). The van der Waals surface area contributed by atoms with E-state index in [4.69, 9.17) is 5.11 Å². The van der Waals surface area contributed by atoms with Gasteiger partial charge in [-0.1, -0.05) is 69.1 Å².